The van der Waals surface area contributed by atoms with Gasteiger partial charge in [-0.3, -0.25) is 4.79 Å². The van der Waals surface area contributed by atoms with Crippen LogP contribution in [0, 0.1) is 0 Å². The van der Waals surface area contributed by atoms with Gasteiger partial charge in [-0.15, -0.1) is 0 Å². The Morgan fingerprint density at radius 1 is 1.12 bits per heavy atom. The van der Waals surface area contributed by atoms with E-state index in [0.29, 0.717) is 13.2 Å². The summed E-state index contributed by atoms with van der Waals surface area (Å²) in [6, 6.07) is 0.200. The Morgan fingerprint density at radius 3 is 1.88 bits per heavy atom. The van der Waals surface area contributed by atoms with Gasteiger partial charge in [0.05, 0.1) is 12.1 Å². The molecule has 2 unspecified atom stereocenters. The molecular formula is C11H16N2O3. The molecule has 0 aromatic heterocycles. The van der Waals surface area contributed by atoms with Crippen LogP contribution in [-0.4, -0.2) is 42.9 Å². The molecule has 2 aliphatic rings. The molecule has 0 aromatic rings. The SMILES string of the molecule is CCC1COC(C(=O)C2=NC(CC)CO2)=N1. The van der Waals surface area contributed by atoms with Gasteiger partial charge in [-0.25, -0.2) is 9.98 Å². The van der Waals surface area contributed by atoms with Gasteiger partial charge in [0.1, 0.15) is 13.2 Å². The second-order valence-electron chi connectivity index (χ2n) is 3.94. The van der Waals surface area contributed by atoms with Gasteiger partial charge >= 0.3 is 5.78 Å². The number of hydrogen-bond acceptors (Lipinski definition) is 5. The Hall–Kier alpha value is -1.39. The van der Waals surface area contributed by atoms with Gasteiger partial charge in [0.25, 0.3) is 11.8 Å². The third-order valence-corrected chi connectivity index (χ3v) is 2.76. The highest BCUT2D eigenvalue weighted by atomic mass is 16.5. The molecule has 0 amide bonds. The van der Waals surface area contributed by atoms with Crippen LogP contribution in [0.25, 0.3) is 0 Å². The second-order valence-corrected chi connectivity index (χ2v) is 3.94. The normalized spacial score (nSPS) is 28.1. The average molecular weight is 224 g/mol. The Bertz CT molecular complexity index is 317. The summed E-state index contributed by atoms with van der Waals surface area (Å²) in [6.45, 7) is 5.01. The van der Waals surface area contributed by atoms with Crippen LogP contribution in [0.1, 0.15) is 26.7 Å². The summed E-state index contributed by atoms with van der Waals surface area (Å²) < 4.78 is 10.5. The first-order chi connectivity index (χ1) is 7.74. The summed E-state index contributed by atoms with van der Waals surface area (Å²) in [5.74, 6) is -0.00314. The predicted molar refractivity (Wildman–Crippen MR) is 59.9 cm³/mol. The quantitative estimate of drug-likeness (QED) is 0.715. The van der Waals surface area contributed by atoms with Crippen LogP contribution in [-0.2, 0) is 14.3 Å². The van der Waals surface area contributed by atoms with Crippen LogP contribution >= 0.6 is 0 Å². The van der Waals surface area contributed by atoms with Crippen molar-refractivity contribution in [3.05, 3.63) is 0 Å². The molecular weight excluding hydrogens is 208 g/mol. The minimum atomic E-state index is -0.313. The van der Waals surface area contributed by atoms with Gasteiger partial charge in [0, 0.05) is 0 Å². The maximum atomic E-state index is 11.9. The first kappa shape index (κ1) is 11.1. The largest absolute Gasteiger partial charge is 0.473 e. The molecule has 0 saturated carbocycles. The smallest absolute Gasteiger partial charge is 0.301 e. The minimum Gasteiger partial charge on any atom is -0.473 e. The average Bonchev–Trinajstić information content (AvgIpc) is 2.97. The lowest BCUT2D eigenvalue weighted by atomic mass is 10.3. The van der Waals surface area contributed by atoms with E-state index in [1.807, 2.05) is 13.8 Å². The minimum absolute atomic E-state index is 0.0999. The van der Waals surface area contributed by atoms with Gasteiger partial charge in [-0.1, -0.05) is 13.8 Å². The number of hydrogen-bond donors (Lipinski definition) is 0. The highest BCUT2D eigenvalue weighted by Crippen LogP contribution is 2.13. The van der Waals surface area contributed by atoms with Crippen molar-refractivity contribution in [2.45, 2.75) is 38.8 Å². The van der Waals surface area contributed by atoms with E-state index in [9.17, 15) is 4.79 Å². The number of rotatable bonds is 4. The summed E-state index contributed by atoms with van der Waals surface area (Å²) >= 11 is 0. The molecule has 5 nitrogen and oxygen atoms in total. The lowest BCUT2D eigenvalue weighted by Crippen LogP contribution is -2.24. The van der Waals surface area contributed by atoms with Gasteiger partial charge in [-0.2, -0.15) is 0 Å². The molecule has 0 aromatic carbocycles. The van der Waals surface area contributed by atoms with Crippen molar-refractivity contribution in [3.63, 3.8) is 0 Å². The van der Waals surface area contributed by atoms with E-state index >= 15 is 0 Å². The van der Waals surface area contributed by atoms with Crippen LogP contribution in [0.5, 0.6) is 0 Å². The number of nitrogens with zero attached hydrogens (tertiary/aromatic N) is 2. The Balaban J connectivity index is 2.04. The van der Waals surface area contributed by atoms with E-state index in [1.165, 1.54) is 0 Å². The first-order valence-electron chi connectivity index (χ1n) is 5.70. The lowest BCUT2D eigenvalue weighted by molar-refractivity contribution is -0.109. The van der Waals surface area contributed by atoms with Gasteiger partial charge in [0.2, 0.25) is 0 Å². The van der Waals surface area contributed by atoms with E-state index in [4.69, 9.17) is 9.47 Å². The van der Waals surface area contributed by atoms with Crippen molar-refractivity contribution in [1.29, 1.82) is 0 Å². The zero-order valence-corrected chi connectivity index (χ0v) is 9.60. The number of aliphatic imine (C=N–C) groups is 2. The molecule has 2 atom stereocenters. The fraction of sp³-hybridized carbons (Fsp3) is 0.727. The van der Waals surface area contributed by atoms with Crippen LogP contribution in [0.4, 0.5) is 0 Å². The fourth-order valence-corrected chi connectivity index (χ4v) is 1.59. The van der Waals surface area contributed by atoms with Crippen LogP contribution < -0.4 is 0 Å². The standard InChI is InChI=1S/C11H16N2O3/c1-3-7-5-15-10(12-7)9(14)11-13-8(4-2)6-16-11/h7-8H,3-6H2,1-2H3. The molecule has 2 heterocycles. The fourth-order valence-electron chi connectivity index (χ4n) is 1.59. The van der Waals surface area contributed by atoms with Crippen molar-refractivity contribution in [2.24, 2.45) is 9.98 Å². The second kappa shape index (κ2) is 4.63. The van der Waals surface area contributed by atoms with E-state index in [1.54, 1.807) is 0 Å². The molecule has 88 valence electrons. The summed E-state index contributed by atoms with van der Waals surface area (Å²) in [5, 5.41) is 0. The summed E-state index contributed by atoms with van der Waals surface area (Å²) in [7, 11) is 0. The van der Waals surface area contributed by atoms with E-state index in [2.05, 4.69) is 9.98 Å². The molecule has 2 aliphatic heterocycles. The third-order valence-electron chi connectivity index (χ3n) is 2.76. The van der Waals surface area contributed by atoms with Gasteiger partial charge in [0.15, 0.2) is 0 Å². The van der Waals surface area contributed by atoms with Crippen molar-refractivity contribution >= 4 is 17.6 Å². The summed E-state index contributed by atoms with van der Waals surface area (Å²) in [6.07, 6.45) is 1.75. The number of carbonyl (C=O) groups excluding carboxylic acids is 1. The number of Topliss-reactive ketones (excluding diaryl/α,β-unsaturated/α-hetero) is 1. The van der Waals surface area contributed by atoms with E-state index in [-0.39, 0.29) is 29.7 Å². The molecule has 2 rings (SSSR count). The van der Waals surface area contributed by atoms with Gasteiger partial charge < -0.3 is 9.47 Å². The molecule has 16 heavy (non-hydrogen) atoms. The molecule has 0 fully saturated rings. The van der Waals surface area contributed by atoms with Crippen LogP contribution in [0.2, 0.25) is 0 Å². The molecule has 0 N–H and O–H groups in total. The zero-order valence-electron chi connectivity index (χ0n) is 9.60. The van der Waals surface area contributed by atoms with E-state index < -0.39 is 0 Å². The van der Waals surface area contributed by atoms with Crippen LogP contribution in [0.3, 0.4) is 0 Å². The molecule has 0 radical (unpaired) electrons. The molecule has 0 spiro atoms. The third kappa shape index (κ3) is 2.08. The maximum Gasteiger partial charge on any atom is 0.301 e. The van der Waals surface area contributed by atoms with Crippen molar-refractivity contribution in [2.75, 3.05) is 13.2 Å². The Kier molecular flexibility index (Phi) is 3.22. The molecule has 0 saturated heterocycles. The van der Waals surface area contributed by atoms with Crippen molar-refractivity contribution < 1.29 is 14.3 Å². The summed E-state index contributed by atoms with van der Waals surface area (Å²) in [5.41, 5.74) is 0. The highest BCUT2D eigenvalue weighted by molar-refractivity contribution is 6.63. The summed E-state index contributed by atoms with van der Waals surface area (Å²) in [4.78, 5) is 20.2. The predicted octanol–water partition coefficient (Wildman–Crippen LogP) is 0.970. The first-order valence-corrected chi connectivity index (χ1v) is 5.70. The Morgan fingerprint density at radius 2 is 1.56 bits per heavy atom. The topological polar surface area (TPSA) is 60.2 Å². The van der Waals surface area contributed by atoms with Crippen molar-refractivity contribution in [3.8, 4) is 0 Å². The van der Waals surface area contributed by atoms with Crippen LogP contribution in [0.15, 0.2) is 9.98 Å². The molecule has 5 heteroatoms. The Labute approximate surface area is 94.6 Å². The number of ketones is 1. The highest BCUT2D eigenvalue weighted by Gasteiger charge is 2.31. The number of carbonyl (C=O) groups is 1. The van der Waals surface area contributed by atoms with Crippen molar-refractivity contribution in [1.82, 2.24) is 0 Å². The molecule has 0 aliphatic carbocycles. The van der Waals surface area contributed by atoms with Gasteiger partial charge in [-0.05, 0) is 12.8 Å². The maximum absolute atomic E-state index is 11.9. The zero-order chi connectivity index (χ0) is 11.5. The van der Waals surface area contributed by atoms with E-state index in [0.717, 1.165) is 12.8 Å². The molecule has 0 bridgehead atoms. The lowest BCUT2D eigenvalue weighted by Gasteiger charge is -1.99. The number of ether oxygens (including phenoxy) is 2. The monoisotopic (exact) mass is 224 g/mol.